The van der Waals surface area contributed by atoms with Gasteiger partial charge in [0.25, 0.3) is 0 Å². The fourth-order valence-corrected chi connectivity index (χ4v) is 1.85. The van der Waals surface area contributed by atoms with Crippen molar-refractivity contribution in [3.63, 3.8) is 0 Å². The van der Waals surface area contributed by atoms with E-state index in [1.807, 2.05) is 0 Å². The Hall–Kier alpha value is -1.33. The lowest BCUT2D eigenvalue weighted by Crippen LogP contribution is -2.12. The van der Waals surface area contributed by atoms with Gasteiger partial charge in [0.2, 0.25) is 0 Å². The lowest BCUT2D eigenvalue weighted by Gasteiger charge is -2.11. The van der Waals surface area contributed by atoms with Gasteiger partial charge in [-0.15, -0.1) is 0 Å². The van der Waals surface area contributed by atoms with Gasteiger partial charge in [0.1, 0.15) is 17.3 Å². The van der Waals surface area contributed by atoms with E-state index in [9.17, 15) is 4.39 Å². The van der Waals surface area contributed by atoms with Crippen LogP contribution < -0.4 is 10.5 Å². The van der Waals surface area contributed by atoms with E-state index in [4.69, 9.17) is 14.9 Å². The summed E-state index contributed by atoms with van der Waals surface area (Å²) in [6.45, 7) is 0. The Kier molecular flexibility index (Phi) is 3.49. The number of hydrogen-bond donors (Lipinski definition) is 1. The highest BCUT2D eigenvalue weighted by atomic mass is 79.9. The van der Waals surface area contributed by atoms with Crippen molar-refractivity contribution in [2.45, 2.75) is 6.04 Å². The Morgan fingerprint density at radius 3 is 2.65 bits per heavy atom. The van der Waals surface area contributed by atoms with Gasteiger partial charge in [-0.25, -0.2) is 4.39 Å². The van der Waals surface area contributed by atoms with E-state index in [1.54, 1.807) is 24.3 Å². The van der Waals surface area contributed by atoms with E-state index in [2.05, 4.69) is 15.9 Å². The Morgan fingerprint density at radius 1 is 1.35 bits per heavy atom. The third kappa shape index (κ3) is 2.50. The third-order valence-corrected chi connectivity index (χ3v) is 2.87. The molecule has 0 amide bonds. The van der Waals surface area contributed by atoms with E-state index < -0.39 is 11.9 Å². The first-order valence-corrected chi connectivity index (χ1v) is 5.75. The van der Waals surface area contributed by atoms with E-state index in [0.717, 1.165) is 0 Å². The Bertz CT molecular complexity index is 527. The molecule has 0 radical (unpaired) electrons. The zero-order valence-corrected chi connectivity index (χ0v) is 10.7. The molecule has 1 heterocycles. The molecule has 0 aliphatic rings. The molecule has 0 aliphatic carbocycles. The van der Waals surface area contributed by atoms with Gasteiger partial charge >= 0.3 is 0 Å². The van der Waals surface area contributed by atoms with E-state index in [1.165, 1.54) is 13.2 Å². The second-order valence-electron chi connectivity index (χ2n) is 3.51. The molecular weight excluding hydrogens is 289 g/mol. The SMILES string of the molecule is COc1ccc(C(N)c2ccc(Br)o2)c(F)c1. The van der Waals surface area contributed by atoms with Gasteiger partial charge in [0.15, 0.2) is 4.67 Å². The number of ether oxygens (including phenoxy) is 1. The molecule has 2 aromatic rings. The smallest absolute Gasteiger partial charge is 0.169 e. The van der Waals surface area contributed by atoms with Crippen molar-refractivity contribution in [2.75, 3.05) is 7.11 Å². The summed E-state index contributed by atoms with van der Waals surface area (Å²) in [6, 6.07) is 7.35. The number of hydrogen-bond acceptors (Lipinski definition) is 3. The molecule has 1 aromatic carbocycles. The van der Waals surface area contributed by atoms with Crippen molar-refractivity contribution < 1.29 is 13.5 Å². The van der Waals surface area contributed by atoms with Gasteiger partial charge < -0.3 is 14.9 Å². The predicted octanol–water partition coefficient (Wildman–Crippen LogP) is 3.24. The molecule has 1 aromatic heterocycles. The zero-order valence-electron chi connectivity index (χ0n) is 9.11. The topological polar surface area (TPSA) is 48.4 Å². The molecule has 2 rings (SSSR count). The summed E-state index contributed by atoms with van der Waals surface area (Å²) in [4.78, 5) is 0. The van der Waals surface area contributed by atoms with Gasteiger partial charge in [-0.05, 0) is 34.1 Å². The monoisotopic (exact) mass is 299 g/mol. The van der Waals surface area contributed by atoms with Crippen molar-refractivity contribution in [3.8, 4) is 5.75 Å². The zero-order chi connectivity index (χ0) is 12.4. The number of nitrogens with two attached hydrogens (primary N) is 1. The van der Waals surface area contributed by atoms with Crippen molar-refractivity contribution in [2.24, 2.45) is 5.73 Å². The van der Waals surface area contributed by atoms with Gasteiger partial charge in [-0.1, -0.05) is 6.07 Å². The number of benzene rings is 1. The third-order valence-electron chi connectivity index (χ3n) is 2.44. The molecule has 0 saturated heterocycles. The summed E-state index contributed by atoms with van der Waals surface area (Å²) in [7, 11) is 1.48. The van der Waals surface area contributed by atoms with Crippen molar-refractivity contribution >= 4 is 15.9 Å². The highest BCUT2D eigenvalue weighted by Crippen LogP contribution is 2.27. The second-order valence-corrected chi connectivity index (χ2v) is 4.29. The highest BCUT2D eigenvalue weighted by Gasteiger charge is 2.17. The van der Waals surface area contributed by atoms with E-state index in [-0.39, 0.29) is 0 Å². The highest BCUT2D eigenvalue weighted by molar-refractivity contribution is 9.10. The average molecular weight is 300 g/mol. The summed E-state index contributed by atoms with van der Waals surface area (Å²) in [5.41, 5.74) is 6.29. The molecule has 1 unspecified atom stereocenters. The molecule has 0 bridgehead atoms. The van der Waals surface area contributed by atoms with Gasteiger partial charge in [-0.2, -0.15) is 0 Å². The maximum absolute atomic E-state index is 13.8. The first kappa shape index (κ1) is 12.1. The summed E-state index contributed by atoms with van der Waals surface area (Å²) < 4.78 is 24.6. The summed E-state index contributed by atoms with van der Waals surface area (Å²) >= 11 is 3.18. The van der Waals surface area contributed by atoms with Crippen LogP contribution in [0.1, 0.15) is 17.4 Å². The van der Waals surface area contributed by atoms with Gasteiger partial charge in [0, 0.05) is 11.6 Å². The van der Waals surface area contributed by atoms with E-state index >= 15 is 0 Å². The largest absolute Gasteiger partial charge is 0.497 e. The first-order chi connectivity index (χ1) is 8.11. The van der Waals surface area contributed by atoms with Crippen LogP contribution in [0.15, 0.2) is 39.4 Å². The Morgan fingerprint density at radius 2 is 2.12 bits per heavy atom. The van der Waals surface area contributed by atoms with Crippen LogP contribution in [0, 0.1) is 5.82 Å². The van der Waals surface area contributed by atoms with Crippen LogP contribution in [0.4, 0.5) is 4.39 Å². The van der Waals surface area contributed by atoms with Crippen LogP contribution in [0.3, 0.4) is 0 Å². The molecule has 17 heavy (non-hydrogen) atoms. The van der Waals surface area contributed by atoms with Crippen LogP contribution in [0.5, 0.6) is 5.75 Å². The molecule has 0 saturated carbocycles. The molecular formula is C12H11BrFNO2. The summed E-state index contributed by atoms with van der Waals surface area (Å²) in [5.74, 6) is 0.546. The Labute approximate surface area is 106 Å². The molecule has 5 heteroatoms. The maximum Gasteiger partial charge on any atom is 0.169 e. The van der Waals surface area contributed by atoms with Gasteiger partial charge in [0.05, 0.1) is 13.2 Å². The molecule has 0 spiro atoms. The number of rotatable bonds is 3. The van der Waals surface area contributed by atoms with Crippen LogP contribution in [0.2, 0.25) is 0 Å². The standard InChI is InChI=1S/C12H11BrFNO2/c1-16-7-2-3-8(9(14)6-7)12(15)10-4-5-11(13)17-10/h2-6,12H,15H2,1H3. The Balaban J connectivity index is 2.34. The lowest BCUT2D eigenvalue weighted by molar-refractivity contribution is 0.409. The molecule has 3 nitrogen and oxygen atoms in total. The van der Waals surface area contributed by atoms with Crippen LogP contribution in [-0.4, -0.2) is 7.11 Å². The second kappa shape index (κ2) is 4.89. The summed E-state index contributed by atoms with van der Waals surface area (Å²) in [5, 5.41) is 0. The van der Waals surface area contributed by atoms with E-state index in [0.29, 0.717) is 21.7 Å². The predicted molar refractivity (Wildman–Crippen MR) is 65.4 cm³/mol. The van der Waals surface area contributed by atoms with Crippen LogP contribution >= 0.6 is 15.9 Å². The fraction of sp³-hybridized carbons (Fsp3) is 0.167. The molecule has 1 atom stereocenters. The quantitative estimate of drug-likeness (QED) is 0.946. The minimum Gasteiger partial charge on any atom is -0.497 e. The fourth-order valence-electron chi connectivity index (χ4n) is 1.54. The summed E-state index contributed by atoms with van der Waals surface area (Å²) in [6.07, 6.45) is 0. The van der Waals surface area contributed by atoms with Gasteiger partial charge in [-0.3, -0.25) is 0 Å². The minimum atomic E-state index is -0.632. The van der Waals surface area contributed by atoms with Crippen LogP contribution in [-0.2, 0) is 0 Å². The lowest BCUT2D eigenvalue weighted by atomic mass is 10.0. The maximum atomic E-state index is 13.8. The minimum absolute atomic E-state index is 0.368. The molecule has 90 valence electrons. The first-order valence-electron chi connectivity index (χ1n) is 4.96. The molecule has 2 N–H and O–H groups in total. The van der Waals surface area contributed by atoms with Crippen molar-refractivity contribution in [1.29, 1.82) is 0 Å². The van der Waals surface area contributed by atoms with Crippen molar-refractivity contribution in [3.05, 3.63) is 52.1 Å². The number of furan rings is 1. The number of methoxy groups -OCH3 is 1. The van der Waals surface area contributed by atoms with Crippen LogP contribution in [0.25, 0.3) is 0 Å². The normalized spacial score (nSPS) is 12.5. The van der Waals surface area contributed by atoms with Crippen molar-refractivity contribution in [1.82, 2.24) is 0 Å². The number of halogens is 2. The molecule has 0 fully saturated rings. The average Bonchev–Trinajstić information content (AvgIpc) is 2.75. The molecule has 0 aliphatic heterocycles.